The van der Waals surface area contributed by atoms with Gasteiger partial charge in [-0.3, -0.25) is 9.78 Å². The van der Waals surface area contributed by atoms with E-state index in [0.29, 0.717) is 0 Å². The van der Waals surface area contributed by atoms with E-state index in [9.17, 15) is 9.59 Å². The lowest BCUT2D eigenvalue weighted by molar-refractivity contribution is 0.925. The molecule has 0 radical (unpaired) electrons. The van der Waals surface area contributed by atoms with Gasteiger partial charge < -0.3 is 0 Å². The molecule has 0 fully saturated rings. The Balaban J connectivity index is 3.28. The quantitative estimate of drug-likeness (QED) is 0.426. The molecule has 0 aliphatic heterocycles. The van der Waals surface area contributed by atoms with Crippen LogP contribution in [0.5, 0.6) is 0 Å². The molecule has 1 aromatic rings. The van der Waals surface area contributed by atoms with Crippen LogP contribution in [0, 0.1) is 12.0 Å². The maximum Gasteiger partial charge on any atom is 0.340 e. The zero-order chi connectivity index (χ0) is 8.97. The second kappa shape index (κ2) is 3.64. The van der Waals surface area contributed by atoms with Crippen LogP contribution in [0.15, 0.2) is 21.9 Å². The minimum absolute atomic E-state index is 0.444. The van der Waals surface area contributed by atoms with Gasteiger partial charge in [-0.2, -0.15) is 0 Å². The van der Waals surface area contributed by atoms with E-state index >= 15 is 0 Å². The lowest BCUT2D eigenvalue weighted by atomic mass is 10.6. The first-order valence-electron chi connectivity index (χ1n) is 3.01. The Kier molecular flexibility index (Phi) is 2.56. The minimum atomic E-state index is -0.563. The summed E-state index contributed by atoms with van der Waals surface area (Å²) in [6.45, 7) is 0. The van der Waals surface area contributed by atoms with Crippen LogP contribution in [0.3, 0.4) is 0 Å². The van der Waals surface area contributed by atoms with Crippen LogP contribution in [0.4, 0.5) is 0 Å². The van der Waals surface area contributed by atoms with E-state index in [1.807, 2.05) is 4.98 Å². The van der Waals surface area contributed by atoms with Crippen LogP contribution in [0.25, 0.3) is 0 Å². The lowest BCUT2D eigenvalue weighted by Gasteiger charge is -1.89. The summed E-state index contributed by atoms with van der Waals surface area (Å²) < 4.78 is 1.05. The third-order valence-corrected chi connectivity index (χ3v) is 1.19. The van der Waals surface area contributed by atoms with Gasteiger partial charge in [-0.15, -0.1) is 0 Å². The number of aromatic nitrogens is 2. The fourth-order valence-electron chi connectivity index (χ4n) is 0.601. The molecule has 0 saturated heterocycles. The molecule has 1 rings (SSSR count). The zero-order valence-corrected chi connectivity index (χ0v) is 6.72. The number of H-pyrrole nitrogens is 1. The van der Waals surface area contributed by atoms with E-state index < -0.39 is 11.2 Å². The smallest absolute Gasteiger partial charge is 0.273 e. The normalized spacial score (nSPS) is 8.33. The Morgan fingerprint density at radius 1 is 1.58 bits per heavy atom. The molecule has 0 aromatic carbocycles. The fourth-order valence-corrected chi connectivity index (χ4v) is 0.654. The van der Waals surface area contributed by atoms with E-state index in [-0.39, 0.29) is 0 Å². The molecule has 0 amide bonds. The first kappa shape index (κ1) is 8.43. The van der Waals surface area contributed by atoms with Crippen LogP contribution in [0.2, 0.25) is 0 Å². The predicted octanol–water partition coefficient (Wildman–Crippen LogP) is -0.655. The van der Waals surface area contributed by atoms with Crippen molar-refractivity contribution in [1.29, 1.82) is 0 Å². The van der Waals surface area contributed by atoms with Crippen LogP contribution >= 0.6 is 12.2 Å². The van der Waals surface area contributed by atoms with Gasteiger partial charge in [0.15, 0.2) is 0 Å². The molecule has 0 bridgehead atoms. The summed E-state index contributed by atoms with van der Waals surface area (Å²) in [5.74, 6) is 2.41. The Hall–Kier alpha value is -1.67. The molecule has 1 aromatic heterocycles. The third-order valence-electron chi connectivity index (χ3n) is 1.07. The van der Waals surface area contributed by atoms with Crippen molar-refractivity contribution in [3.63, 3.8) is 0 Å². The van der Waals surface area contributed by atoms with Gasteiger partial charge in [-0.25, -0.2) is 9.36 Å². The SMILES string of the molecule is O=c1ccn(C#CC=S)c(=O)[nH]1. The number of hydrogen-bond donors (Lipinski definition) is 1. The molecule has 5 heteroatoms. The molecule has 0 atom stereocenters. The lowest BCUT2D eigenvalue weighted by Crippen LogP contribution is -2.26. The molecule has 0 saturated carbocycles. The standard InChI is InChI=1S/C7H4N2O2S/c10-6-2-4-9(3-1-5-12)7(11)8-6/h2,4-5H,(H,8,10,11). The molecule has 0 aliphatic carbocycles. The number of rotatable bonds is 0. The first-order chi connectivity index (χ1) is 5.74. The molecule has 12 heavy (non-hydrogen) atoms. The fraction of sp³-hybridized carbons (Fsp3) is 0. The Bertz CT molecular complexity index is 461. The Morgan fingerprint density at radius 2 is 2.33 bits per heavy atom. The number of nitrogens with zero attached hydrogens (tertiary/aromatic N) is 1. The van der Waals surface area contributed by atoms with Gasteiger partial charge in [0.1, 0.15) is 0 Å². The van der Waals surface area contributed by atoms with Gasteiger partial charge in [0.25, 0.3) is 5.56 Å². The molecule has 0 spiro atoms. The van der Waals surface area contributed by atoms with E-state index in [1.54, 1.807) is 0 Å². The van der Waals surface area contributed by atoms with E-state index in [1.165, 1.54) is 17.6 Å². The van der Waals surface area contributed by atoms with Crippen LogP contribution in [-0.4, -0.2) is 14.9 Å². The molecular weight excluding hydrogens is 176 g/mol. The first-order valence-corrected chi connectivity index (χ1v) is 3.48. The predicted molar refractivity (Wildman–Crippen MR) is 48.2 cm³/mol. The third kappa shape index (κ3) is 1.90. The summed E-state index contributed by atoms with van der Waals surface area (Å²) in [7, 11) is 0. The summed E-state index contributed by atoms with van der Waals surface area (Å²) in [6, 6.07) is 3.62. The van der Waals surface area contributed by atoms with E-state index in [4.69, 9.17) is 0 Å². The average molecular weight is 180 g/mol. The summed E-state index contributed by atoms with van der Waals surface area (Å²) in [5, 5.41) is 1.19. The van der Waals surface area contributed by atoms with Gasteiger partial charge >= 0.3 is 5.69 Å². The largest absolute Gasteiger partial charge is 0.340 e. The highest BCUT2D eigenvalue weighted by Gasteiger charge is 1.89. The summed E-state index contributed by atoms with van der Waals surface area (Å²) in [5.41, 5.74) is -1.01. The molecule has 0 unspecified atom stereocenters. The van der Waals surface area contributed by atoms with Crippen molar-refractivity contribution in [3.05, 3.63) is 33.1 Å². The van der Waals surface area contributed by atoms with Gasteiger partial charge in [0.2, 0.25) is 0 Å². The Morgan fingerprint density at radius 3 is 2.92 bits per heavy atom. The van der Waals surface area contributed by atoms with E-state index in [2.05, 4.69) is 24.2 Å². The average Bonchev–Trinajstić information content (AvgIpc) is 2.03. The molecular formula is C7H4N2O2S. The second-order valence-corrected chi connectivity index (χ2v) is 2.09. The van der Waals surface area contributed by atoms with Gasteiger partial charge in [0.05, 0.1) is 5.37 Å². The van der Waals surface area contributed by atoms with Gasteiger partial charge in [-0.05, 0) is 5.92 Å². The number of hydrogen-bond acceptors (Lipinski definition) is 3. The molecule has 60 valence electrons. The van der Waals surface area contributed by atoms with E-state index in [0.717, 1.165) is 4.57 Å². The Labute approximate surface area is 72.9 Å². The van der Waals surface area contributed by atoms with Crippen molar-refractivity contribution >= 4 is 17.6 Å². The molecule has 4 nitrogen and oxygen atoms in total. The van der Waals surface area contributed by atoms with Crippen molar-refractivity contribution in [3.8, 4) is 12.0 Å². The van der Waals surface area contributed by atoms with Crippen molar-refractivity contribution in [1.82, 2.24) is 9.55 Å². The molecule has 1 N–H and O–H groups in total. The number of nitrogens with one attached hydrogen (secondary N) is 1. The number of aromatic amines is 1. The second-order valence-electron chi connectivity index (χ2n) is 1.85. The minimum Gasteiger partial charge on any atom is -0.273 e. The van der Waals surface area contributed by atoms with Crippen molar-refractivity contribution in [2.24, 2.45) is 0 Å². The van der Waals surface area contributed by atoms with Crippen molar-refractivity contribution < 1.29 is 0 Å². The zero-order valence-electron chi connectivity index (χ0n) is 5.90. The van der Waals surface area contributed by atoms with Crippen molar-refractivity contribution in [2.45, 2.75) is 0 Å². The topological polar surface area (TPSA) is 54.9 Å². The van der Waals surface area contributed by atoms with Crippen molar-refractivity contribution in [2.75, 3.05) is 0 Å². The monoisotopic (exact) mass is 180 g/mol. The molecule has 0 aliphatic rings. The highest BCUT2D eigenvalue weighted by Crippen LogP contribution is 1.67. The molecule has 1 heterocycles. The highest BCUT2D eigenvalue weighted by atomic mass is 32.1. The number of thiocarbonyl (C=S) groups is 1. The van der Waals surface area contributed by atoms with Gasteiger partial charge in [0, 0.05) is 18.3 Å². The van der Waals surface area contributed by atoms with Crippen LogP contribution < -0.4 is 11.2 Å². The summed E-state index contributed by atoms with van der Waals surface area (Å²) in [4.78, 5) is 23.5. The summed E-state index contributed by atoms with van der Waals surface area (Å²) >= 11 is 4.43. The van der Waals surface area contributed by atoms with Crippen LogP contribution in [0.1, 0.15) is 0 Å². The summed E-state index contributed by atoms with van der Waals surface area (Å²) in [6.07, 6.45) is 1.28. The maximum atomic E-state index is 10.9. The van der Waals surface area contributed by atoms with Crippen LogP contribution in [-0.2, 0) is 0 Å². The highest BCUT2D eigenvalue weighted by molar-refractivity contribution is 7.79. The maximum absolute atomic E-state index is 10.9. The van der Waals surface area contributed by atoms with Gasteiger partial charge in [-0.1, -0.05) is 12.2 Å².